The molecular weight excluding hydrogens is 398 g/mol. The first-order valence-electron chi connectivity index (χ1n) is 9.83. The van der Waals surface area contributed by atoms with E-state index in [1.807, 2.05) is 69.3 Å². The first kappa shape index (κ1) is 20.1. The van der Waals surface area contributed by atoms with E-state index >= 15 is 0 Å². The van der Waals surface area contributed by atoms with Crippen LogP contribution in [0.5, 0.6) is 5.75 Å². The number of aromatic nitrogens is 2. The molecule has 7 heteroatoms. The van der Waals surface area contributed by atoms with Crippen molar-refractivity contribution in [1.29, 1.82) is 0 Å². The van der Waals surface area contributed by atoms with Crippen LogP contribution < -0.4 is 15.6 Å². The van der Waals surface area contributed by atoms with E-state index in [2.05, 4.69) is 10.4 Å². The van der Waals surface area contributed by atoms with E-state index in [4.69, 9.17) is 4.74 Å². The Balaban J connectivity index is 1.50. The molecule has 6 nitrogen and oxygen atoms in total. The Morgan fingerprint density at radius 2 is 1.90 bits per heavy atom. The van der Waals surface area contributed by atoms with Gasteiger partial charge in [0, 0.05) is 16.6 Å². The monoisotopic (exact) mass is 421 g/mol. The van der Waals surface area contributed by atoms with Crippen LogP contribution in [0.3, 0.4) is 0 Å². The number of aryl methyl sites for hydroxylation is 1. The molecule has 1 N–H and O–H groups in total. The molecule has 0 bridgehead atoms. The average molecular weight is 422 g/mol. The van der Waals surface area contributed by atoms with Gasteiger partial charge < -0.3 is 10.1 Å². The summed E-state index contributed by atoms with van der Waals surface area (Å²) in [7, 11) is 0. The first-order chi connectivity index (χ1) is 14.4. The van der Waals surface area contributed by atoms with E-state index in [-0.39, 0.29) is 24.1 Å². The molecule has 30 heavy (non-hydrogen) atoms. The summed E-state index contributed by atoms with van der Waals surface area (Å²) < 4.78 is 8.80. The van der Waals surface area contributed by atoms with Crippen molar-refractivity contribution in [3.05, 3.63) is 70.1 Å². The summed E-state index contributed by atoms with van der Waals surface area (Å²) in [5.74, 6) is 0.535. The van der Waals surface area contributed by atoms with E-state index in [0.717, 1.165) is 31.8 Å². The van der Waals surface area contributed by atoms with Gasteiger partial charge >= 0.3 is 0 Å². The van der Waals surface area contributed by atoms with Gasteiger partial charge in [-0.1, -0.05) is 30.3 Å². The van der Waals surface area contributed by atoms with Crippen molar-refractivity contribution in [2.45, 2.75) is 40.0 Å². The number of benzene rings is 2. The number of amides is 1. The fourth-order valence-corrected chi connectivity index (χ4v) is 4.51. The highest BCUT2D eigenvalue weighted by atomic mass is 32.1. The van der Waals surface area contributed by atoms with Gasteiger partial charge in [-0.05, 0) is 44.5 Å². The third kappa shape index (κ3) is 4.07. The van der Waals surface area contributed by atoms with E-state index in [9.17, 15) is 9.59 Å². The van der Waals surface area contributed by atoms with Gasteiger partial charge in [-0.25, -0.2) is 4.68 Å². The van der Waals surface area contributed by atoms with Gasteiger partial charge in [0.1, 0.15) is 12.3 Å². The summed E-state index contributed by atoms with van der Waals surface area (Å²) in [6, 6.07) is 15.4. The Bertz CT molecular complexity index is 1270. The van der Waals surface area contributed by atoms with Crippen molar-refractivity contribution in [3.63, 3.8) is 0 Å². The molecule has 0 aliphatic rings. The van der Waals surface area contributed by atoms with Gasteiger partial charge in [-0.2, -0.15) is 5.10 Å². The maximum atomic E-state index is 13.0. The minimum absolute atomic E-state index is 0.113. The van der Waals surface area contributed by atoms with Crippen LogP contribution in [0.2, 0.25) is 0 Å². The number of ether oxygens (including phenoxy) is 1. The van der Waals surface area contributed by atoms with E-state index in [0.29, 0.717) is 11.9 Å². The molecule has 0 saturated heterocycles. The van der Waals surface area contributed by atoms with Gasteiger partial charge in [-0.15, -0.1) is 11.3 Å². The van der Waals surface area contributed by atoms with Crippen molar-refractivity contribution in [3.8, 4) is 5.75 Å². The lowest BCUT2D eigenvalue weighted by Gasteiger charge is -2.11. The standard InChI is InChI=1S/C23H23N3O3S/c1-14(2)29-17-10-8-16(9-11-17)12-24-20(27)13-26-23(28)21-18-6-4-5-7-19(18)30-22(21)15(3)25-26/h4-11,14H,12-13H2,1-3H3,(H,24,27). The van der Waals surface area contributed by atoms with Crippen molar-refractivity contribution < 1.29 is 9.53 Å². The van der Waals surface area contributed by atoms with Crippen molar-refractivity contribution >= 4 is 37.4 Å². The smallest absolute Gasteiger partial charge is 0.276 e. The number of fused-ring (bicyclic) bond motifs is 3. The zero-order valence-corrected chi connectivity index (χ0v) is 18.0. The molecule has 2 aromatic heterocycles. The van der Waals surface area contributed by atoms with Crippen LogP contribution in [-0.4, -0.2) is 21.8 Å². The summed E-state index contributed by atoms with van der Waals surface area (Å²) in [6.45, 7) is 6.07. The average Bonchev–Trinajstić information content (AvgIpc) is 3.11. The maximum absolute atomic E-state index is 13.0. The quantitative estimate of drug-likeness (QED) is 0.510. The van der Waals surface area contributed by atoms with Gasteiger partial charge in [0.05, 0.1) is 21.9 Å². The molecular formula is C23H23N3O3S. The fraction of sp³-hybridized carbons (Fsp3) is 0.261. The molecule has 0 aliphatic carbocycles. The highest BCUT2D eigenvalue weighted by Gasteiger charge is 2.16. The molecule has 0 radical (unpaired) electrons. The van der Waals surface area contributed by atoms with Crippen molar-refractivity contribution in [2.24, 2.45) is 0 Å². The number of hydrogen-bond acceptors (Lipinski definition) is 5. The molecule has 0 atom stereocenters. The highest BCUT2D eigenvalue weighted by molar-refractivity contribution is 7.26. The molecule has 4 rings (SSSR count). The van der Waals surface area contributed by atoms with E-state index < -0.39 is 0 Å². The molecule has 2 aromatic carbocycles. The van der Waals surface area contributed by atoms with Crippen LogP contribution in [0.1, 0.15) is 25.1 Å². The second-order valence-corrected chi connectivity index (χ2v) is 8.49. The Hall–Kier alpha value is -3.19. The molecule has 0 saturated carbocycles. The van der Waals surface area contributed by atoms with Crippen LogP contribution in [0, 0.1) is 6.92 Å². The van der Waals surface area contributed by atoms with Crippen molar-refractivity contribution in [1.82, 2.24) is 15.1 Å². The zero-order chi connectivity index (χ0) is 21.3. The minimum Gasteiger partial charge on any atom is -0.491 e. The van der Waals surface area contributed by atoms with Crippen LogP contribution in [0.4, 0.5) is 0 Å². The minimum atomic E-state index is -0.259. The second kappa shape index (κ2) is 8.28. The summed E-state index contributed by atoms with van der Waals surface area (Å²) in [4.78, 5) is 25.5. The Morgan fingerprint density at radius 3 is 2.63 bits per heavy atom. The third-order valence-corrected chi connectivity index (χ3v) is 6.00. The molecule has 4 aromatic rings. The number of carbonyl (C=O) groups is 1. The largest absolute Gasteiger partial charge is 0.491 e. The molecule has 0 fully saturated rings. The van der Waals surface area contributed by atoms with Crippen LogP contribution in [0.15, 0.2) is 53.3 Å². The number of rotatable bonds is 6. The number of thiophene rings is 1. The fourth-order valence-electron chi connectivity index (χ4n) is 3.37. The van der Waals surface area contributed by atoms with Crippen molar-refractivity contribution in [2.75, 3.05) is 0 Å². The number of nitrogens with one attached hydrogen (secondary N) is 1. The summed E-state index contributed by atoms with van der Waals surface area (Å²) in [6.07, 6.45) is 0.113. The molecule has 0 aliphatic heterocycles. The molecule has 0 spiro atoms. The summed E-state index contributed by atoms with van der Waals surface area (Å²) >= 11 is 1.56. The van der Waals surface area contributed by atoms with Crippen LogP contribution in [-0.2, 0) is 17.9 Å². The normalized spacial score (nSPS) is 11.3. The summed E-state index contributed by atoms with van der Waals surface area (Å²) in [5.41, 5.74) is 1.47. The van der Waals surface area contributed by atoms with E-state index in [1.165, 1.54) is 4.68 Å². The van der Waals surface area contributed by atoms with Gasteiger partial charge in [0.2, 0.25) is 5.91 Å². The topological polar surface area (TPSA) is 73.2 Å². The molecule has 1 amide bonds. The van der Waals surface area contributed by atoms with Crippen LogP contribution >= 0.6 is 11.3 Å². The van der Waals surface area contributed by atoms with Crippen LogP contribution in [0.25, 0.3) is 20.2 Å². The number of nitrogens with zero attached hydrogens (tertiary/aromatic N) is 2. The third-order valence-electron chi connectivity index (χ3n) is 4.72. The molecule has 154 valence electrons. The van der Waals surface area contributed by atoms with Gasteiger partial charge in [0.15, 0.2) is 0 Å². The molecule has 0 unspecified atom stereocenters. The SMILES string of the molecule is Cc1nn(CC(=O)NCc2ccc(OC(C)C)cc2)c(=O)c2c1sc1ccccc12. The maximum Gasteiger partial charge on any atom is 0.276 e. The number of carbonyl (C=O) groups excluding carboxylic acids is 1. The zero-order valence-electron chi connectivity index (χ0n) is 17.1. The Morgan fingerprint density at radius 1 is 1.17 bits per heavy atom. The lowest BCUT2D eigenvalue weighted by Crippen LogP contribution is -2.33. The highest BCUT2D eigenvalue weighted by Crippen LogP contribution is 2.32. The number of hydrogen-bond donors (Lipinski definition) is 1. The predicted octanol–water partition coefficient (Wildman–Crippen LogP) is 4.02. The molecule has 2 heterocycles. The first-order valence-corrected chi connectivity index (χ1v) is 10.7. The van der Waals surface area contributed by atoms with Gasteiger partial charge in [0.25, 0.3) is 5.56 Å². The lowest BCUT2D eigenvalue weighted by molar-refractivity contribution is -0.122. The lowest BCUT2D eigenvalue weighted by atomic mass is 10.2. The van der Waals surface area contributed by atoms with Gasteiger partial charge in [-0.3, -0.25) is 9.59 Å². The predicted molar refractivity (Wildman–Crippen MR) is 120 cm³/mol. The Kier molecular flexibility index (Phi) is 5.55. The second-order valence-electron chi connectivity index (χ2n) is 7.44. The Labute approximate surface area is 178 Å². The summed E-state index contributed by atoms with van der Waals surface area (Å²) in [5, 5.41) is 8.77. The van der Waals surface area contributed by atoms with E-state index in [1.54, 1.807) is 11.3 Å².